The van der Waals surface area contributed by atoms with Gasteiger partial charge >= 0.3 is 5.97 Å². The number of methoxy groups -OCH3 is 1. The van der Waals surface area contributed by atoms with Crippen molar-refractivity contribution < 1.29 is 14.3 Å². The van der Waals surface area contributed by atoms with Crippen LogP contribution in [0.1, 0.15) is 26.3 Å². The minimum atomic E-state index is -1.19. The number of carbonyl (C=O) groups is 2. The van der Waals surface area contributed by atoms with Crippen LogP contribution in [0.15, 0.2) is 24.3 Å². The van der Waals surface area contributed by atoms with Crippen molar-refractivity contribution in [2.24, 2.45) is 5.41 Å². The van der Waals surface area contributed by atoms with Crippen molar-refractivity contribution in [3.05, 3.63) is 29.8 Å². The number of aryl methyl sites for hydroxylation is 1. The first-order valence-corrected chi connectivity index (χ1v) is 6.30. The number of hydrogen-bond acceptors (Lipinski definition) is 3. The molecule has 0 aliphatic rings. The Kier molecular flexibility index (Phi) is 4.70. The summed E-state index contributed by atoms with van der Waals surface area (Å²) >= 11 is 0. The molecule has 0 heterocycles. The van der Waals surface area contributed by atoms with Crippen LogP contribution in [0.2, 0.25) is 0 Å². The van der Waals surface area contributed by atoms with Crippen molar-refractivity contribution in [1.82, 2.24) is 0 Å². The quantitative estimate of drug-likeness (QED) is 0.619. The minimum absolute atomic E-state index is 0.288. The lowest BCUT2D eigenvalue weighted by molar-refractivity contribution is -0.155. The fraction of sp³-hybridized carbons (Fsp3) is 0.467. The second kappa shape index (κ2) is 5.87. The van der Waals surface area contributed by atoms with E-state index in [2.05, 4.69) is 11.7 Å². The molecule has 0 N–H and O–H groups in total. The van der Waals surface area contributed by atoms with E-state index in [1.165, 1.54) is 17.6 Å². The van der Waals surface area contributed by atoms with Gasteiger partial charge in [0.2, 0.25) is 5.91 Å². The number of carbonyl (C=O) groups excluding carboxylic acids is 2. The van der Waals surface area contributed by atoms with Crippen LogP contribution in [0.3, 0.4) is 0 Å². The summed E-state index contributed by atoms with van der Waals surface area (Å²) in [5, 5.41) is 0. The Hall–Kier alpha value is -1.84. The molecule has 0 aliphatic heterocycles. The van der Waals surface area contributed by atoms with Gasteiger partial charge in [0.05, 0.1) is 7.11 Å². The second-order valence-electron chi connectivity index (χ2n) is 5.00. The highest BCUT2D eigenvalue weighted by Crippen LogP contribution is 2.24. The lowest BCUT2D eigenvalue weighted by Crippen LogP contribution is -2.44. The molecular formula is C15H21NO3. The predicted molar refractivity (Wildman–Crippen MR) is 75.0 cm³/mol. The average molecular weight is 263 g/mol. The molecule has 0 unspecified atom stereocenters. The Morgan fingerprint density at radius 1 is 1.21 bits per heavy atom. The largest absolute Gasteiger partial charge is 0.468 e. The van der Waals surface area contributed by atoms with E-state index in [4.69, 9.17) is 0 Å². The molecule has 0 bridgehead atoms. The summed E-state index contributed by atoms with van der Waals surface area (Å²) in [5.74, 6) is -0.821. The van der Waals surface area contributed by atoms with Gasteiger partial charge in [-0.05, 0) is 38.0 Å². The summed E-state index contributed by atoms with van der Waals surface area (Å²) in [4.78, 5) is 25.5. The molecule has 104 valence electrons. The lowest BCUT2D eigenvalue weighted by Gasteiger charge is -2.27. The molecule has 1 aromatic carbocycles. The van der Waals surface area contributed by atoms with Gasteiger partial charge in [0.1, 0.15) is 5.41 Å². The maximum atomic E-state index is 12.3. The molecule has 19 heavy (non-hydrogen) atoms. The van der Waals surface area contributed by atoms with Gasteiger partial charge in [0.15, 0.2) is 0 Å². The first-order chi connectivity index (χ1) is 8.84. The number of rotatable bonds is 4. The van der Waals surface area contributed by atoms with Crippen molar-refractivity contribution in [3.8, 4) is 0 Å². The predicted octanol–water partition coefficient (Wildman–Crippen LogP) is 2.41. The normalized spacial score (nSPS) is 11.0. The lowest BCUT2D eigenvalue weighted by atomic mass is 9.91. The third-order valence-electron chi connectivity index (χ3n) is 3.27. The van der Waals surface area contributed by atoms with E-state index >= 15 is 0 Å². The zero-order chi connectivity index (χ0) is 14.6. The maximum absolute atomic E-state index is 12.3. The molecule has 0 radical (unpaired) electrons. The number of esters is 1. The Morgan fingerprint density at radius 3 is 2.16 bits per heavy atom. The Bertz CT molecular complexity index is 463. The van der Waals surface area contributed by atoms with Gasteiger partial charge in [-0.3, -0.25) is 9.59 Å². The van der Waals surface area contributed by atoms with Crippen molar-refractivity contribution in [1.29, 1.82) is 0 Å². The number of benzene rings is 1. The molecule has 0 saturated heterocycles. The summed E-state index contributed by atoms with van der Waals surface area (Å²) < 4.78 is 4.67. The van der Waals surface area contributed by atoms with Crippen LogP contribution in [0.4, 0.5) is 5.69 Å². The Labute approximate surface area is 114 Å². The van der Waals surface area contributed by atoms with Gasteiger partial charge < -0.3 is 9.64 Å². The number of hydrogen-bond donors (Lipinski definition) is 0. The van der Waals surface area contributed by atoms with Crippen molar-refractivity contribution in [2.45, 2.75) is 27.2 Å². The van der Waals surface area contributed by atoms with E-state index in [-0.39, 0.29) is 5.91 Å². The van der Waals surface area contributed by atoms with E-state index in [0.29, 0.717) is 0 Å². The smallest absolute Gasteiger partial charge is 0.320 e. The highest BCUT2D eigenvalue weighted by molar-refractivity contribution is 6.09. The number of anilines is 1. The van der Waals surface area contributed by atoms with Crippen molar-refractivity contribution >= 4 is 17.6 Å². The molecule has 4 heteroatoms. The van der Waals surface area contributed by atoms with Gasteiger partial charge in [-0.1, -0.05) is 19.1 Å². The van der Waals surface area contributed by atoms with Crippen LogP contribution in [-0.2, 0) is 20.7 Å². The van der Waals surface area contributed by atoms with E-state index < -0.39 is 11.4 Å². The van der Waals surface area contributed by atoms with Gasteiger partial charge in [-0.15, -0.1) is 0 Å². The van der Waals surface area contributed by atoms with Crippen LogP contribution in [0.5, 0.6) is 0 Å². The Balaban J connectivity index is 2.95. The standard InChI is InChI=1S/C15H21NO3/c1-6-11-7-9-12(10-8-11)16(4)13(17)15(2,3)14(18)19-5/h7-10H,6H2,1-5H3. The zero-order valence-corrected chi connectivity index (χ0v) is 12.2. The molecule has 1 amide bonds. The third kappa shape index (κ3) is 3.13. The summed E-state index contributed by atoms with van der Waals surface area (Å²) in [6, 6.07) is 7.71. The molecule has 0 aromatic heterocycles. The number of ether oxygens (including phenoxy) is 1. The fourth-order valence-electron chi connectivity index (χ4n) is 1.83. The summed E-state index contributed by atoms with van der Waals surface area (Å²) in [5.41, 5.74) is 0.781. The fourth-order valence-corrected chi connectivity index (χ4v) is 1.83. The van der Waals surface area contributed by atoms with E-state index in [0.717, 1.165) is 12.1 Å². The second-order valence-corrected chi connectivity index (χ2v) is 5.00. The van der Waals surface area contributed by atoms with E-state index in [9.17, 15) is 9.59 Å². The molecule has 0 spiro atoms. The molecular weight excluding hydrogens is 242 g/mol. The molecule has 4 nitrogen and oxygen atoms in total. The third-order valence-corrected chi connectivity index (χ3v) is 3.27. The first kappa shape index (κ1) is 15.2. The Morgan fingerprint density at radius 2 is 1.74 bits per heavy atom. The number of nitrogens with zero attached hydrogens (tertiary/aromatic N) is 1. The maximum Gasteiger partial charge on any atom is 0.320 e. The van der Waals surface area contributed by atoms with Crippen molar-refractivity contribution in [2.75, 3.05) is 19.1 Å². The van der Waals surface area contributed by atoms with Gasteiger partial charge in [0, 0.05) is 12.7 Å². The van der Waals surface area contributed by atoms with Crippen LogP contribution in [0.25, 0.3) is 0 Å². The van der Waals surface area contributed by atoms with Gasteiger partial charge in [-0.2, -0.15) is 0 Å². The van der Waals surface area contributed by atoms with Gasteiger partial charge in [0.25, 0.3) is 0 Å². The highest BCUT2D eigenvalue weighted by atomic mass is 16.5. The average Bonchev–Trinajstić information content (AvgIpc) is 2.44. The zero-order valence-electron chi connectivity index (χ0n) is 12.2. The molecule has 0 aliphatic carbocycles. The summed E-state index contributed by atoms with van der Waals surface area (Å²) in [6.45, 7) is 5.21. The topological polar surface area (TPSA) is 46.6 Å². The molecule has 1 aromatic rings. The van der Waals surface area contributed by atoms with E-state index in [1.807, 2.05) is 24.3 Å². The van der Waals surface area contributed by atoms with Crippen LogP contribution < -0.4 is 4.90 Å². The monoisotopic (exact) mass is 263 g/mol. The highest BCUT2D eigenvalue weighted by Gasteiger charge is 2.39. The van der Waals surface area contributed by atoms with E-state index in [1.54, 1.807) is 20.9 Å². The first-order valence-electron chi connectivity index (χ1n) is 6.30. The molecule has 0 atom stereocenters. The molecule has 1 rings (SSSR count). The SMILES string of the molecule is CCc1ccc(N(C)C(=O)C(C)(C)C(=O)OC)cc1. The van der Waals surface area contributed by atoms with Crippen LogP contribution >= 0.6 is 0 Å². The number of amides is 1. The molecule has 0 fully saturated rings. The van der Waals surface area contributed by atoms with Crippen LogP contribution in [-0.4, -0.2) is 26.0 Å². The molecule has 0 saturated carbocycles. The summed E-state index contributed by atoms with van der Waals surface area (Å²) in [6.07, 6.45) is 0.950. The minimum Gasteiger partial charge on any atom is -0.468 e. The van der Waals surface area contributed by atoms with Crippen molar-refractivity contribution in [3.63, 3.8) is 0 Å². The van der Waals surface area contributed by atoms with Crippen LogP contribution in [0, 0.1) is 5.41 Å². The van der Waals surface area contributed by atoms with Gasteiger partial charge in [-0.25, -0.2) is 0 Å². The summed E-state index contributed by atoms with van der Waals surface area (Å²) in [7, 11) is 2.95.